The summed E-state index contributed by atoms with van der Waals surface area (Å²) in [4.78, 5) is 9.31. The Bertz CT molecular complexity index is 1960. The molecule has 0 fully saturated rings. The summed E-state index contributed by atoms with van der Waals surface area (Å²) in [5.74, 6) is -1.85. The van der Waals surface area contributed by atoms with Crippen LogP contribution < -0.4 is 5.73 Å². The Morgan fingerprint density at radius 1 is 0.775 bits per heavy atom. The lowest BCUT2D eigenvalue weighted by Crippen LogP contribution is -2.04. The van der Waals surface area contributed by atoms with Crippen LogP contribution in [0.3, 0.4) is 0 Å². The second-order valence-electron chi connectivity index (χ2n) is 8.35. The quantitative estimate of drug-likeness (QED) is 0.104. The fourth-order valence-electron chi connectivity index (χ4n) is 3.64. The maximum Gasteiger partial charge on any atom is 0.335 e. The van der Waals surface area contributed by atoms with Gasteiger partial charge in [-0.3, -0.25) is 9.11 Å². The van der Waals surface area contributed by atoms with E-state index < -0.39 is 47.1 Å². The summed E-state index contributed by atoms with van der Waals surface area (Å²) < 4.78 is 66.2. The number of hydrogen-bond donors (Lipinski definition) is 5. The summed E-state index contributed by atoms with van der Waals surface area (Å²) in [6.07, 6.45) is 0. The summed E-state index contributed by atoms with van der Waals surface area (Å²) in [7, 11) is -9.81. The van der Waals surface area contributed by atoms with Gasteiger partial charge in [-0.05, 0) is 67.1 Å². The number of nitrogens with two attached hydrogens (primary N) is 1. The normalized spacial score (nSPS) is 12.5. The van der Waals surface area contributed by atoms with Crippen LogP contribution in [0, 0.1) is 6.92 Å². The van der Waals surface area contributed by atoms with Gasteiger partial charge in [-0.1, -0.05) is 0 Å². The molecule has 0 aliphatic carbocycles. The molecule has 4 rings (SSSR count). The molecule has 16 heteroatoms. The Morgan fingerprint density at radius 3 is 1.95 bits per heavy atom. The lowest BCUT2D eigenvalue weighted by Gasteiger charge is -2.12. The fourth-order valence-corrected chi connectivity index (χ4v) is 4.87. The molecule has 4 aromatic rings. The van der Waals surface area contributed by atoms with Crippen LogP contribution in [0.15, 0.2) is 90.9 Å². The number of fused-ring (bicyclic) bond motifs is 1. The van der Waals surface area contributed by atoms with Crippen molar-refractivity contribution >= 4 is 65.4 Å². The Labute approximate surface area is 226 Å². The van der Waals surface area contributed by atoms with E-state index in [-0.39, 0.29) is 22.3 Å². The fraction of sp³-hybridized carbons (Fsp3) is 0.0417. The van der Waals surface area contributed by atoms with Crippen LogP contribution in [-0.2, 0) is 20.2 Å². The number of aryl methyl sites for hydroxylation is 1. The second kappa shape index (κ2) is 10.4. The van der Waals surface area contributed by atoms with Gasteiger partial charge in [-0.2, -0.15) is 32.2 Å². The molecular weight excluding hydrogens is 566 g/mol. The highest BCUT2D eigenvalue weighted by molar-refractivity contribution is 7.86. The molecule has 0 radical (unpaired) electrons. The summed E-state index contributed by atoms with van der Waals surface area (Å²) in [6.45, 7) is 1.71. The maximum absolute atomic E-state index is 12.1. The van der Waals surface area contributed by atoms with Gasteiger partial charge in [0.1, 0.15) is 16.3 Å². The van der Waals surface area contributed by atoms with Gasteiger partial charge in [0.05, 0.1) is 38.6 Å². The van der Waals surface area contributed by atoms with Crippen LogP contribution in [0.2, 0.25) is 0 Å². The van der Waals surface area contributed by atoms with Gasteiger partial charge >= 0.3 is 5.97 Å². The lowest BCUT2D eigenvalue weighted by molar-refractivity contribution is 0.0697. The Morgan fingerprint density at radius 2 is 1.38 bits per heavy atom. The number of nitrogens with zero attached hydrogens (tertiary/aromatic N) is 4. The van der Waals surface area contributed by atoms with Gasteiger partial charge < -0.3 is 15.9 Å². The zero-order valence-electron chi connectivity index (χ0n) is 20.3. The number of nitrogen functional groups attached to an aromatic ring is 1. The number of benzene rings is 4. The highest BCUT2D eigenvalue weighted by Crippen LogP contribution is 2.42. The average molecular weight is 586 g/mol. The molecule has 0 aromatic heterocycles. The van der Waals surface area contributed by atoms with E-state index in [0.717, 1.165) is 12.1 Å². The van der Waals surface area contributed by atoms with E-state index in [1.807, 2.05) is 0 Å². The van der Waals surface area contributed by atoms with Crippen LogP contribution in [-0.4, -0.2) is 42.1 Å². The van der Waals surface area contributed by atoms with Crippen molar-refractivity contribution in [3.05, 3.63) is 71.8 Å². The zero-order chi connectivity index (χ0) is 29.4. The summed E-state index contributed by atoms with van der Waals surface area (Å²) in [6, 6.07) is 12.7. The molecule has 0 atom stereocenters. The number of phenols is 1. The van der Waals surface area contributed by atoms with Gasteiger partial charge in [0, 0.05) is 11.5 Å². The first-order valence-corrected chi connectivity index (χ1v) is 13.8. The molecule has 0 spiro atoms. The number of hydrogen-bond acceptors (Lipinski definition) is 11. The van der Waals surface area contributed by atoms with Crippen molar-refractivity contribution in [2.45, 2.75) is 16.7 Å². The van der Waals surface area contributed by atoms with Gasteiger partial charge in [0.25, 0.3) is 20.2 Å². The topological polar surface area (TPSA) is 242 Å². The summed E-state index contributed by atoms with van der Waals surface area (Å²) in [5, 5.41) is 34.7. The van der Waals surface area contributed by atoms with E-state index >= 15 is 0 Å². The number of azo groups is 2. The van der Waals surface area contributed by atoms with Gasteiger partial charge in [-0.15, -0.1) is 5.11 Å². The zero-order valence-corrected chi connectivity index (χ0v) is 21.9. The van der Waals surface area contributed by atoms with Crippen molar-refractivity contribution in [3.63, 3.8) is 0 Å². The van der Waals surface area contributed by atoms with Crippen LogP contribution in [0.5, 0.6) is 5.75 Å². The van der Waals surface area contributed by atoms with Crippen LogP contribution in [0.1, 0.15) is 15.9 Å². The van der Waals surface area contributed by atoms with E-state index in [1.165, 1.54) is 30.3 Å². The molecule has 0 aliphatic rings. The molecule has 0 saturated carbocycles. The van der Waals surface area contributed by atoms with Crippen LogP contribution in [0.25, 0.3) is 10.8 Å². The number of aromatic hydroxyl groups is 1. The number of carbonyl (C=O) groups is 1. The highest BCUT2D eigenvalue weighted by Gasteiger charge is 2.24. The minimum atomic E-state index is -4.98. The predicted molar refractivity (Wildman–Crippen MR) is 143 cm³/mol. The van der Waals surface area contributed by atoms with E-state index in [4.69, 9.17) is 10.8 Å². The first kappa shape index (κ1) is 28.2. The molecule has 4 aromatic carbocycles. The van der Waals surface area contributed by atoms with Crippen molar-refractivity contribution in [1.29, 1.82) is 0 Å². The Balaban J connectivity index is 1.70. The van der Waals surface area contributed by atoms with Crippen molar-refractivity contribution in [3.8, 4) is 5.75 Å². The first-order valence-electron chi connectivity index (χ1n) is 11.0. The van der Waals surface area contributed by atoms with Gasteiger partial charge in [0.15, 0.2) is 0 Å². The molecule has 0 heterocycles. The monoisotopic (exact) mass is 585 g/mol. The minimum Gasteiger partial charge on any atom is -0.507 e. The van der Waals surface area contributed by atoms with Crippen molar-refractivity contribution in [2.75, 3.05) is 5.73 Å². The summed E-state index contributed by atoms with van der Waals surface area (Å²) >= 11 is 0. The Hall–Kier alpha value is -4.77. The smallest absolute Gasteiger partial charge is 0.335 e. The van der Waals surface area contributed by atoms with E-state index in [1.54, 1.807) is 19.1 Å². The largest absolute Gasteiger partial charge is 0.507 e. The number of phenolic OH excluding ortho intramolecular Hbond substituents is 1. The number of carboxylic acid groups (broad SMARTS) is 1. The van der Waals surface area contributed by atoms with E-state index in [2.05, 4.69) is 20.5 Å². The summed E-state index contributed by atoms with van der Waals surface area (Å²) in [5.41, 5.74) is 7.46. The number of anilines is 1. The molecule has 0 amide bonds. The standard InChI is InChI=1S/C24H19N5O9S2/c1-12-8-15(6-7-18(12)28-26-14-4-2-13(3-5-14)24(31)32)27-29-19-11-21(40(36,37)38)17-9-16(39(33,34)35)10-20(30)22(17)23(19)25/h2-11,30H,25H2,1H3,(H,31,32)(H,33,34,35)(H,36,37,38)/b28-26+,29-27+. The van der Waals surface area contributed by atoms with E-state index in [9.17, 15) is 35.8 Å². The van der Waals surface area contributed by atoms with Crippen molar-refractivity contribution < 1.29 is 40.9 Å². The molecule has 6 N–H and O–H groups in total. The minimum absolute atomic E-state index is 0.110. The molecule has 14 nitrogen and oxygen atoms in total. The highest BCUT2D eigenvalue weighted by atomic mass is 32.2. The third-order valence-corrected chi connectivity index (χ3v) is 7.31. The molecule has 0 aliphatic heterocycles. The molecule has 40 heavy (non-hydrogen) atoms. The van der Waals surface area contributed by atoms with E-state index in [0.29, 0.717) is 28.7 Å². The van der Waals surface area contributed by atoms with Crippen molar-refractivity contribution in [1.82, 2.24) is 0 Å². The maximum atomic E-state index is 12.1. The number of aromatic carboxylic acids is 1. The molecule has 206 valence electrons. The van der Waals surface area contributed by atoms with Gasteiger partial charge in [-0.25, -0.2) is 4.79 Å². The molecular formula is C24H19N5O9S2. The molecule has 0 saturated heterocycles. The molecule has 0 unspecified atom stereocenters. The van der Waals surface area contributed by atoms with Crippen LogP contribution >= 0.6 is 0 Å². The third-order valence-electron chi connectivity index (χ3n) is 5.59. The Kier molecular flexibility index (Phi) is 7.36. The number of carboxylic acids is 1. The van der Waals surface area contributed by atoms with Crippen LogP contribution in [0.4, 0.5) is 28.4 Å². The third kappa shape index (κ3) is 5.94. The average Bonchev–Trinajstić information content (AvgIpc) is 2.86. The second-order valence-corrected chi connectivity index (χ2v) is 11.2. The van der Waals surface area contributed by atoms with Gasteiger partial charge in [0.2, 0.25) is 0 Å². The molecule has 0 bridgehead atoms. The van der Waals surface area contributed by atoms with Crippen molar-refractivity contribution in [2.24, 2.45) is 20.5 Å². The predicted octanol–water partition coefficient (Wildman–Crippen LogP) is 5.46. The number of rotatable bonds is 7. The lowest BCUT2D eigenvalue weighted by atomic mass is 10.1. The first-order chi connectivity index (χ1) is 18.6. The SMILES string of the molecule is Cc1cc(/N=N/c2cc(S(=O)(=O)O)c3cc(S(=O)(=O)O)cc(O)c3c2N)ccc1/N=N/c1ccc(C(=O)O)cc1.